The van der Waals surface area contributed by atoms with E-state index in [-0.39, 0.29) is 11.9 Å². The van der Waals surface area contributed by atoms with Crippen LogP contribution in [0.5, 0.6) is 0 Å². The quantitative estimate of drug-likeness (QED) is 0.515. The number of amides is 1. The van der Waals surface area contributed by atoms with Gasteiger partial charge in [-0.15, -0.1) is 0 Å². The molecule has 3 aromatic carbocycles. The average molecular weight is 433 g/mol. The summed E-state index contributed by atoms with van der Waals surface area (Å²) in [5.41, 5.74) is 3.30. The predicted molar refractivity (Wildman–Crippen MR) is 128 cm³/mol. The summed E-state index contributed by atoms with van der Waals surface area (Å²) in [5.74, 6) is 0.331. The van der Waals surface area contributed by atoms with Crippen molar-refractivity contribution in [2.75, 3.05) is 19.6 Å². The van der Waals surface area contributed by atoms with Crippen LogP contribution in [0.25, 0.3) is 0 Å². The number of rotatable bonds is 7. The lowest BCUT2D eigenvalue weighted by Gasteiger charge is -2.33. The summed E-state index contributed by atoms with van der Waals surface area (Å²) in [6, 6.07) is 29.0. The van der Waals surface area contributed by atoms with Crippen LogP contribution in [0.2, 0.25) is 5.02 Å². The number of benzene rings is 3. The number of nitrogens with one attached hydrogen (secondary N) is 1. The first-order valence-electron chi connectivity index (χ1n) is 11.1. The standard InChI is InChI=1S/C27H29ClN2O/c28-26-14-8-7-13-25(26)27(31)29-23-15-18-30(19-16-23)20-17-24(21-9-3-1-4-10-21)22-11-5-2-6-12-22/h1-14,23-24H,15-20H2,(H,29,31). The summed E-state index contributed by atoms with van der Waals surface area (Å²) < 4.78 is 0. The van der Waals surface area contributed by atoms with E-state index in [1.165, 1.54) is 11.1 Å². The fourth-order valence-electron chi connectivity index (χ4n) is 4.42. The molecule has 3 aromatic rings. The third-order valence-corrected chi connectivity index (χ3v) is 6.51. The molecule has 0 aliphatic carbocycles. The highest BCUT2D eigenvalue weighted by molar-refractivity contribution is 6.33. The van der Waals surface area contributed by atoms with E-state index < -0.39 is 0 Å². The lowest BCUT2D eigenvalue weighted by atomic mass is 9.88. The molecule has 0 unspecified atom stereocenters. The van der Waals surface area contributed by atoms with Gasteiger partial charge in [0.1, 0.15) is 0 Å². The molecule has 1 N–H and O–H groups in total. The molecule has 0 saturated carbocycles. The van der Waals surface area contributed by atoms with Crippen LogP contribution in [0.1, 0.15) is 46.7 Å². The van der Waals surface area contributed by atoms with Crippen LogP contribution < -0.4 is 5.32 Å². The van der Waals surface area contributed by atoms with E-state index in [1.807, 2.05) is 12.1 Å². The number of likely N-dealkylation sites (tertiary alicyclic amines) is 1. The number of piperidine rings is 1. The van der Waals surface area contributed by atoms with Gasteiger partial charge in [-0.05, 0) is 49.1 Å². The molecule has 0 atom stereocenters. The molecule has 1 aliphatic heterocycles. The van der Waals surface area contributed by atoms with Crippen molar-refractivity contribution in [3.05, 3.63) is 107 Å². The van der Waals surface area contributed by atoms with Crippen molar-refractivity contribution in [2.45, 2.75) is 31.2 Å². The first-order chi connectivity index (χ1) is 15.2. The van der Waals surface area contributed by atoms with Gasteiger partial charge in [0.25, 0.3) is 5.91 Å². The van der Waals surface area contributed by atoms with Gasteiger partial charge in [-0.3, -0.25) is 4.79 Å². The first-order valence-corrected chi connectivity index (χ1v) is 11.5. The molecule has 1 amide bonds. The topological polar surface area (TPSA) is 32.3 Å². The van der Waals surface area contributed by atoms with Gasteiger partial charge in [-0.1, -0.05) is 84.4 Å². The number of carbonyl (C=O) groups is 1. The van der Waals surface area contributed by atoms with Gasteiger partial charge in [0.05, 0.1) is 10.6 Å². The SMILES string of the molecule is O=C(NC1CCN(CCC(c2ccccc2)c2ccccc2)CC1)c1ccccc1Cl. The van der Waals surface area contributed by atoms with Crippen LogP contribution in [0.3, 0.4) is 0 Å². The molecule has 1 fully saturated rings. The number of hydrogen-bond acceptors (Lipinski definition) is 2. The lowest BCUT2D eigenvalue weighted by molar-refractivity contribution is 0.0910. The van der Waals surface area contributed by atoms with Crippen molar-refractivity contribution >= 4 is 17.5 Å². The molecule has 4 rings (SSSR count). The Labute approximate surface area is 190 Å². The maximum atomic E-state index is 12.5. The Morgan fingerprint density at radius 3 is 2.00 bits per heavy atom. The molecule has 0 spiro atoms. The zero-order valence-corrected chi connectivity index (χ0v) is 18.5. The molecule has 0 aromatic heterocycles. The largest absolute Gasteiger partial charge is 0.349 e. The Kier molecular flexibility index (Phi) is 7.39. The van der Waals surface area contributed by atoms with E-state index in [1.54, 1.807) is 12.1 Å². The van der Waals surface area contributed by atoms with Crippen molar-refractivity contribution in [1.29, 1.82) is 0 Å². The second-order valence-electron chi connectivity index (χ2n) is 8.23. The normalized spacial score (nSPS) is 15.2. The number of carbonyl (C=O) groups excluding carboxylic acids is 1. The van der Waals surface area contributed by atoms with Gasteiger partial charge in [0, 0.05) is 25.0 Å². The zero-order valence-electron chi connectivity index (χ0n) is 17.7. The average Bonchev–Trinajstić information content (AvgIpc) is 2.82. The van der Waals surface area contributed by atoms with Crippen molar-refractivity contribution in [2.24, 2.45) is 0 Å². The van der Waals surface area contributed by atoms with E-state index in [0.717, 1.165) is 38.9 Å². The maximum Gasteiger partial charge on any atom is 0.253 e. The molecule has 4 heteroatoms. The summed E-state index contributed by atoms with van der Waals surface area (Å²) in [5, 5.41) is 3.67. The Morgan fingerprint density at radius 1 is 0.871 bits per heavy atom. The molecule has 0 radical (unpaired) electrons. The summed E-state index contributed by atoms with van der Waals surface area (Å²) in [4.78, 5) is 15.1. The molecular formula is C27H29ClN2O. The fraction of sp³-hybridized carbons (Fsp3) is 0.296. The van der Waals surface area contributed by atoms with Gasteiger partial charge >= 0.3 is 0 Å². The summed E-state index contributed by atoms with van der Waals surface area (Å²) in [6.45, 7) is 3.06. The molecule has 3 nitrogen and oxygen atoms in total. The minimum atomic E-state index is -0.0720. The minimum absolute atomic E-state index is 0.0720. The molecule has 1 aliphatic rings. The minimum Gasteiger partial charge on any atom is -0.349 e. The van der Waals surface area contributed by atoms with Crippen LogP contribution in [-0.2, 0) is 0 Å². The van der Waals surface area contributed by atoms with Crippen LogP contribution in [0.4, 0.5) is 0 Å². The van der Waals surface area contributed by atoms with E-state index in [4.69, 9.17) is 11.6 Å². The smallest absolute Gasteiger partial charge is 0.253 e. The highest BCUT2D eigenvalue weighted by Crippen LogP contribution is 2.28. The van der Waals surface area contributed by atoms with Crippen LogP contribution in [0, 0.1) is 0 Å². The summed E-state index contributed by atoms with van der Waals surface area (Å²) >= 11 is 6.16. The molecular weight excluding hydrogens is 404 g/mol. The number of hydrogen-bond donors (Lipinski definition) is 1. The van der Waals surface area contributed by atoms with E-state index in [0.29, 0.717) is 16.5 Å². The third kappa shape index (κ3) is 5.75. The molecule has 31 heavy (non-hydrogen) atoms. The third-order valence-electron chi connectivity index (χ3n) is 6.18. The second-order valence-corrected chi connectivity index (χ2v) is 8.64. The van der Waals surface area contributed by atoms with Crippen molar-refractivity contribution < 1.29 is 4.79 Å². The predicted octanol–water partition coefficient (Wildman–Crippen LogP) is 5.76. The summed E-state index contributed by atoms with van der Waals surface area (Å²) in [6.07, 6.45) is 3.03. The van der Waals surface area contributed by atoms with E-state index in [2.05, 4.69) is 70.9 Å². The first kappa shape index (κ1) is 21.6. The van der Waals surface area contributed by atoms with Gasteiger partial charge in [0.15, 0.2) is 0 Å². The van der Waals surface area contributed by atoms with Crippen molar-refractivity contribution in [3.8, 4) is 0 Å². The van der Waals surface area contributed by atoms with E-state index >= 15 is 0 Å². The highest BCUT2D eigenvalue weighted by Gasteiger charge is 2.23. The maximum absolute atomic E-state index is 12.5. The molecule has 1 saturated heterocycles. The van der Waals surface area contributed by atoms with Crippen molar-refractivity contribution in [3.63, 3.8) is 0 Å². The van der Waals surface area contributed by atoms with Crippen molar-refractivity contribution in [1.82, 2.24) is 10.2 Å². The van der Waals surface area contributed by atoms with Crippen LogP contribution >= 0.6 is 11.6 Å². The van der Waals surface area contributed by atoms with Gasteiger partial charge in [-0.2, -0.15) is 0 Å². The monoisotopic (exact) mass is 432 g/mol. The zero-order chi connectivity index (χ0) is 21.5. The number of halogens is 1. The summed E-state index contributed by atoms with van der Waals surface area (Å²) in [7, 11) is 0. The Balaban J connectivity index is 1.31. The molecule has 0 bridgehead atoms. The highest BCUT2D eigenvalue weighted by atomic mass is 35.5. The Bertz CT molecular complexity index is 929. The van der Waals surface area contributed by atoms with Crippen LogP contribution in [0.15, 0.2) is 84.9 Å². The number of nitrogens with zero attached hydrogens (tertiary/aromatic N) is 1. The Hall–Kier alpha value is -2.62. The van der Waals surface area contributed by atoms with Crippen LogP contribution in [-0.4, -0.2) is 36.5 Å². The van der Waals surface area contributed by atoms with Gasteiger partial charge in [-0.25, -0.2) is 0 Å². The lowest BCUT2D eigenvalue weighted by Crippen LogP contribution is -2.45. The fourth-order valence-corrected chi connectivity index (χ4v) is 4.64. The van der Waals surface area contributed by atoms with Gasteiger partial charge in [0.2, 0.25) is 0 Å². The second kappa shape index (κ2) is 10.6. The molecule has 1 heterocycles. The van der Waals surface area contributed by atoms with Gasteiger partial charge < -0.3 is 10.2 Å². The molecule has 160 valence electrons. The Morgan fingerprint density at radius 2 is 1.42 bits per heavy atom. The van der Waals surface area contributed by atoms with E-state index in [9.17, 15) is 4.79 Å².